The Morgan fingerprint density at radius 3 is 2.41 bits per heavy atom. The van der Waals surface area contributed by atoms with Crippen LogP contribution in [0.1, 0.15) is 35.5 Å². The molecule has 0 spiro atoms. The minimum atomic E-state index is -0.492. The fourth-order valence-corrected chi connectivity index (χ4v) is 4.09. The van der Waals surface area contributed by atoms with Gasteiger partial charge in [-0.2, -0.15) is 4.98 Å². The summed E-state index contributed by atoms with van der Waals surface area (Å²) in [6.07, 6.45) is 0. The van der Waals surface area contributed by atoms with Crippen molar-refractivity contribution < 1.29 is 13.7 Å². The van der Waals surface area contributed by atoms with Crippen molar-refractivity contribution in [3.05, 3.63) is 113 Å². The first-order valence-corrected chi connectivity index (χ1v) is 11.0. The van der Waals surface area contributed by atoms with E-state index in [4.69, 9.17) is 4.52 Å². The van der Waals surface area contributed by atoms with E-state index in [1.165, 1.54) is 11.0 Å². The normalized spacial score (nSPS) is 16.0. The minimum Gasteiger partial charge on any atom is -0.334 e. The maximum absolute atomic E-state index is 14.4. The average Bonchev–Trinajstić information content (AvgIpc) is 3.33. The van der Waals surface area contributed by atoms with Crippen LogP contribution in [0.25, 0.3) is 17.0 Å². The van der Waals surface area contributed by atoms with Gasteiger partial charge in [0, 0.05) is 16.8 Å². The van der Waals surface area contributed by atoms with E-state index in [0.29, 0.717) is 28.5 Å². The second-order valence-corrected chi connectivity index (χ2v) is 8.26. The van der Waals surface area contributed by atoms with Crippen LogP contribution in [0.4, 0.5) is 9.18 Å². The lowest BCUT2D eigenvalue weighted by Crippen LogP contribution is -2.45. The van der Waals surface area contributed by atoms with Gasteiger partial charge >= 0.3 is 6.03 Å². The molecule has 7 heteroatoms. The summed E-state index contributed by atoms with van der Waals surface area (Å²) in [5.74, 6) is 0.394. The van der Waals surface area contributed by atoms with E-state index in [-0.39, 0.29) is 18.4 Å². The van der Waals surface area contributed by atoms with Gasteiger partial charge < -0.3 is 9.84 Å². The van der Waals surface area contributed by atoms with Crippen LogP contribution in [-0.2, 0) is 6.54 Å². The van der Waals surface area contributed by atoms with Gasteiger partial charge in [0.2, 0.25) is 5.82 Å². The van der Waals surface area contributed by atoms with E-state index in [9.17, 15) is 9.18 Å². The van der Waals surface area contributed by atoms with Gasteiger partial charge in [-0.15, -0.1) is 0 Å². The smallest absolute Gasteiger partial charge is 0.322 e. The fourth-order valence-electron chi connectivity index (χ4n) is 4.09. The van der Waals surface area contributed by atoms with E-state index >= 15 is 0 Å². The fraction of sp³-hybridized carbons (Fsp3) is 0.148. The molecule has 0 radical (unpaired) electrons. The van der Waals surface area contributed by atoms with Crippen molar-refractivity contribution in [1.82, 2.24) is 20.4 Å². The summed E-state index contributed by atoms with van der Waals surface area (Å²) in [7, 11) is 0. The maximum atomic E-state index is 14.4. The summed E-state index contributed by atoms with van der Waals surface area (Å²) >= 11 is 0. The number of allylic oxidation sites excluding steroid dienone is 1. The number of carbonyl (C=O) groups excluding carboxylic acids is 1. The Labute approximate surface area is 196 Å². The summed E-state index contributed by atoms with van der Waals surface area (Å²) < 4.78 is 20.1. The van der Waals surface area contributed by atoms with Crippen LogP contribution >= 0.6 is 0 Å². The van der Waals surface area contributed by atoms with Gasteiger partial charge in [-0.05, 0) is 25.5 Å². The van der Waals surface area contributed by atoms with Crippen LogP contribution < -0.4 is 5.32 Å². The number of rotatable bonds is 5. The third-order valence-corrected chi connectivity index (χ3v) is 5.98. The van der Waals surface area contributed by atoms with E-state index in [1.807, 2.05) is 68.4 Å². The van der Waals surface area contributed by atoms with E-state index in [0.717, 1.165) is 16.7 Å². The van der Waals surface area contributed by atoms with Crippen LogP contribution in [0, 0.1) is 12.7 Å². The lowest BCUT2D eigenvalue weighted by molar-refractivity contribution is 0.202. The van der Waals surface area contributed by atoms with Gasteiger partial charge in [0.15, 0.2) is 0 Å². The zero-order valence-electron chi connectivity index (χ0n) is 18.8. The number of nitrogens with zero attached hydrogens (tertiary/aromatic N) is 3. The quantitative estimate of drug-likeness (QED) is 0.409. The zero-order chi connectivity index (χ0) is 23.7. The topological polar surface area (TPSA) is 71.3 Å². The lowest BCUT2D eigenvalue weighted by Gasteiger charge is -2.35. The number of benzene rings is 3. The second-order valence-electron chi connectivity index (χ2n) is 8.26. The summed E-state index contributed by atoms with van der Waals surface area (Å²) in [5.41, 5.74) is 4.54. The molecule has 4 aromatic rings. The first-order chi connectivity index (χ1) is 16.5. The molecule has 0 saturated heterocycles. The Kier molecular flexibility index (Phi) is 5.67. The Bertz CT molecular complexity index is 1360. The molecule has 2 heterocycles. The van der Waals surface area contributed by atoms with Crippen LogP contribution in [0.2, 0.25) is 0 Å². The molecule has 0 bridgehead atoms. The van der Waals surface area contributed by atoms with Crippen LogP contribution in [-0.4, -0.2) is 21.1 Å². The summed E-state index contributed by atoms with van der Waals surface area (Å²) in [6.45, 7) is 3.90. The zero-order valence-corrected chi connectivity index (χ0v) is 18.8. The number of nitrogens with one attached hydrogen (secondary N) is 1. The molecule has 2 amide bonds. The third kappa shape index (κ3) is 4.08. The van der Waals surface area contributed by atoms with Crippen molar-refractivity contribution in [2.75, 3.05) is 0 Å². The van der Waals surface area contributed by atoms with Crippen molar-refractivity contribution in [2.45, 2.75) is 26.4 Å². The first kappa shape index (κ1) is 21.6. The Morgan fingerprint density at radius 1 is 0.971 bits per heavy atom. The van der Waals surface area contributed by atoms with Gasteiger partial charge in [-0.1, -0.05) is 83.5 Å². The lowest BCUT2D eigenvalue weighted by atomic mass is 9.94. The van der Waals surface area contributed by atoms with Crippen LogP contribution in [0.15, 0.2) is 89.1 Å². The van der Waals surface area contributed by atoms with Crippen molar-refractivity contribution in [2.24, 2.45) is 0 Å². The number of halogens is 1. The predicted octanol–water partition coefficient (Wildman–Crippen LogP) is 5.88. The third-order valence-electron chi connectivity index (χ3n) is 5.98. The summed E-state index contributed by atoms with van der Waals surface area (Å²) in [4.78, 5) is 19.3. The highest BCUT2D eigenvalue weighted by Gasteiger charge is 2.36. The Balaban J connectivity index is 1.61. The van der Waals surface area contributed by atoms with Crippen molar-refractivity contribution in [3.63, 3.8) is 0 Å². The monoisotopic (exact) mass is 454 g/mol. The SMILES string of the molecule is CC1=C(c2nc(-c3ccccc3)no2)C(c2ccc(C)cc2)NC(=O)N1Cc1ccccc1F. The molecule has 1 aliphatic rings. The molecule has 0 aliphatic carbocycles. The highest BCUT2D eigenvalue weighted by molar-refractivity contribution is 5.86. The van der Waals surface area contributed by atoms with E-state index in [2.05, 4.69) is 15.5 Å². The Morgan fingerprint density at radius 2 is 1.68 bits per heavy atom. The van der Waals surface area contributed by atoms with Crippen LogP contribution in [0.5, 0.6) is 0 Å². The molecule has 5 rings (SSSR count). The second kappa shape index (κ2) is 8.94. The average molecular weight is 455 g/mol. The van der Waals surface area contributed by atoms with E-state index in [1.54, 1.807) is 18.2 Å². The number of aromatic nitrogens is 2. The minimum absolute atomic E-state index is 0.0775. The first-order valence-electron chi connectivity index (χ1n) is 11.0. The molecular weight excluding hydrogens is 431 g/mol. The molecule has 0 saturated carbocycles. The van der Waals surface area contributed by atoms with Crippen molar-refractivity contribution in [3.8, 4) is 11.4 Å². The standard InChI is InChI=1S/C27H23FN4O2/c1-17-12-14-19(15-13-17)24-23(26-30-25(31-34-26)20-8-4-3-5-9-20)18(2)32(27(33)29-24)16-21-10-6-7-11-22(21)28/h3-15,24H,16H2,1-2H3,(H,29,33). The molecule has 1 aromatic heterocycles. The molecule has 6 nitrogen and oxygen atoms in total. The number of hydrogen-bond donors (Lipinski definition) is 1. The van der Waals surface area contributed by atoms with Gasteiger partial charge in [-0.25, -0.2) is 9.18 Å². The van der Waals surface area contributed by atoms with Crippen molar-refractivity contribution in [1.29, 1.82) is 0 Å². The molecule has 1 atom stereocenters. The largest absolute Gasteiger partial charge is 0.334 e. The number of hydrogen-bond acceptors (Lipinski definition) is 4. The molecule has 3 aromatic carbocycles. The summed E-state index contributed by atoms with van der Waals surface area (Å²) in [5, 5.41) is 7.22. The molecule has 1 unspecified atom stereocenters. The number of amides is 2. The van der Waals surface area contributed by atoms with Gasteiger partial charge in [0.25, 0.3) is 5.89 Å². The van der Waals surface area contributed by atoms with Crippen molar-refractivity contribution >= 4 is 11.6 Å². The number of carbonyl (C=O) groups is 1. The van der Waals surface area contributed by atoms with Gasteiger partial charge in [0.1, 0.15) is 5.82 Å². The van der Waals surface area contributed by atoms with Crippen LogP contribution in [0.3, 0.4) is 0 Å². The van der Waals surface area contributed by atoms with Gasteiger partial charge in [-0.3, -0.25) is 4.90 Å². The highest BCUT2D eigenvalue weighted by Crippen LogP contribution is 2.38. The number of urea groups is 1. The maximum Gasteiger partial charge on any atom is 0.322 e. The molecule has 170 valence electrons. The Hall–Kier alpha value is -4.26. The predicted molar refractivity (Wildman–Crippen MR) is 127 cm³/mol. The highest BCUT2D eigenvalue weighted by atomic mass is 19.1. The van der Waals surface area contributed by atoms with E-state index < -0.39 is 6.04 Å². The molecule has 1 N–H and O–H groups in total. The number of aryl methyl sites for hydroxylation is 1. The molecular formula is C27H23FN4O2. The van der Waals surface area contributed by atoms with Gasteiger partial charge in [0.05, 0.1) is 18.2 Å². The molecule has 34 heavy (non-hydrogen) atoms. The molecule has 1 aliphatic heterocycles. The summed E-state index contributed by atoms with van der Waals surface area (Å²) in [6, 6.07) is 23.1. The molecule has 0 fully saturated rings.